The second kappa shape index (κ2) is 8.56. The molecule has 2 saturated heterocycles. The second-order valence-corrected chi connectivity index (χ2v) is 11.8. The van der Waals surface area contributed by atoms with Gasteiger partial charge in [0, 0.05) is 43.2 Å². The van der Waals surface area contributed by atoms with Gasteiger partial charge >= 0.3 is 0 Å². The van der Waals surface area contributed by atoms with Crippen LogP contribution in [0, 0.1) is 5.92 Å². The first-order valence-electron chi connectivity index (χ1n) is 11.1. The Morgan fingerprint density at radius 2 is 1.94 bits per heavy atom. The molecular weight excluding hydrogens is 478 g/mol. The van der Waals surface area contributed by atoms with E-state index in [-0.39, 0.29) is 16.7 Å². The number of nitrogens with zero attached hydrogens (tertiary/aromatic N) is 6. The minimum absolute atomic E-state index is 0.0558. The van der Waals surface area contributed by atoms with E-state index in [2.05, 4.69) is 24.9 Å². The van der Waals surface area contributed by atoms with Gasteiger partial charge in [0.15, 0.2) is 0 Å². The molecule has 0 radical (unpaired) electrons. The molecule has 13 heteroatoms. The number of nitrogens with one attached hydrogen (secondary N) is 1. The summed E-state index contributed by atoms with van der Waals surface area (Å²) in [5, 5.41) is 13.8. The van der Waals surface area contributed by atoms with Gasteiger partial charge in [-0.15, -0.1) is 10.2 Å². The van der Waals surface area contributed by atoms with Crippen LogP contribution >= 0.6 is 11.3 Å². The fourth-order valence-electron chi connectivity index (χ4n) is 4.30. The largest absolute Gasteiger partial charge is 0.377 e. The van der Waals surface area contributed by atoms with E-state index in [0.29, 0.717) is 50.0 Å². The zero-order valence-corrected chi connectivity index (χ0v) is 20.9. The summed E-state index contributed by atoms with van der Waals surface area (Å²) in [5.41, 5.74) is 2.37. The smallest absolute Gasteiger partial charge is 0.241 e. The van der Waals surface area contributed by atoms with Crippen LogP contribution in [0.4, 0.5) is 5.69 Å². The lowest BCUT2D eigenvalue weighted by atomic mass is 10.0. The van der Waals surface area contributed by atoms with Crippen LogP contribution in [0.15, 0.2) is 28.7 Å². The number of aromatic nitrogens is 4. The van der Waals surface area contributed by atoms with Crippen LogP contribution < -0.4 is 9.62 Å². The fourth-order valence-corrected chi connectivity index (χ4v) is 6.24. The highest BCUT2D eigenvalue weighted by Gasteiger charge is 2.38. The molecule has 0 atom stereocenters. The summed E-state index contributed by atoms with van der Waals surface area (Å²) < 4.78 is 36.3. The summed E-state index contributed by atoms with van der Waals surface area (Å²) >= 11 is 1.32. The molecule has 0 unspecified atom stereocenters. The number of carbonyl (C=O) groups excluding carboxylic acids is 1. The van der Waals surface area contributed by atoms with E-state index in [1.807, 2.05) is 25.7 Å². The molecule has 182 valence electrons. The highest BCUT2D eigenvalue weighted by molar-refractivity contribution is 7.89. The number of ether oxygens (including phenoxy) is 1. The molecule has 1 amide bonds. The van der Waals surface area contributed by atoms with Gasteiger partial charge in [0.05, 0.1) is 35.4 Å². The van der Waals surface area contributed by atoms with Crippen LogP contribution in [0.5, 0.6) is 0 Å². The predicted octanol–water partition coefficient (Wildman–Crippen LogP) is 1.25. The summed E-state index contributed by atoms with van der Waals surface area (Å²) in [6.07, 6.45) is 1.72. The van der Waals surface area contributed by atoms with E-state index >= 15 is 0 Å². The zero-order valence-electron chi connectivity index (χ0n) is 19.3. The molecular formula is C21H27N7O4S2. The van der Waals surface area contributed by atoms with Gasteiger partial charge in [-0.3, -0.25) is 4.79 Å². The molecule has 0 spiro atoms. The Kier molecular flexibility index (Phi) is 5.82. The highest BCUT2D eigenvalue weighted by Crippen LogP contribution is 2.33. The molecule has 5 rings (SSSR count). The number of carbonyl (C=O) groups is 1. The summed E-state index contributed by atoms with van der Waals surface area (Å²) in [4.78, 5) is 16.6. The first-order valence-corrected chi connectivity index (χ1v) is 13.5. The van der Waals surface area contributed by atoms with Crippen molar-refractivity contribution in [2.75, 3.05) is 44.3 Å². The average Bonchev–Trinajstić information content (AvgIpc) is 3.46. The lowest BCUT2D eigenvalue weighted by Crippen LogP contribution is -2.59. The third kappa shape index (κ3) is 4.17. The number of hydrogen-bond acceptors (Lipinski definition) is 9. The molecule has 0 aliphatic carbocycles. The van der Waals surface area contributed by atoms with Crippen molar-refractivity contribution in [3.8, 4) is 5.13 Å². The Hall–Kier alpha value is -2.61. The van der Waals surface area contributed by atoms with E-state index in [0.717, 1.165) is 11.1 Å². The molecule has 34 heavy (non-hydrogen) atoms. The van der Waals surface area contributed by atoms with Crippen LogP contribution in [0.2, 0.25) is 0 Å². The van der Waals surface area contributed by atoms with Crippen LogP contribution in [0.25, 0.3) is 16.0 Å². The quantitative estimate of drug-likeness (QED) is 0.531. The number of rotatable bonds is 6. The monoisotopic (exact) mass is 505 g/mol. The van der Waals surface area contributed by atoms with Crippen molar-refractivity contribution in [3.63, 3.8) is 0 Å². The van der Waals surface area contributed by atoms with Crippen molar-refractivity contribution in [1.82, 2.24) is 29.6 Å². The van der Waals surface area contributed by atoms with Gasteiger partial charge in [-0.05, 0) is 19.1 Å². The standard InChI is InChI=1S/C21H27N7O4S2/c1-14(2)19(29)27-6-4-26(5-7-27)17-8-15(34(30,31)25-21(3)11-32-12-21)9-18-16(17)10-23-28(18)20-24-22-13-33-20/h8-10,13-14,25H,4-7,11-12H2,1-3H3. The molecule has 1 aromatic carbocycles. The maximum absolute atomic E-state index is 13.4. The van der Waals surface area contributed by atoms with Gasteiger partial charge in [-0.25, -0.2) is 17.8 Å². The van der Waals surface area contributed by atoms with Gasteiger partial charge in [0.2, 0.25) is 21.1 Å². The van der Waals surface area contributed by atoms with Crippen molar-refractivity contribution in [2.45, 2.75) is 31.2 Å². The summed E-state index contributed by atoms with van der Waals surface area (Å²) in [6.45, 7) is 8.63. The molecule has 2 aromatic heterocycles. The van der Waals surface area contributed by atoms with E-state index in [4.69, 9.17) is 4.74 Å². The summed E-state index contributed by atoms with van der Waals surface area (Å²) in [7, 11) is -3.83. The zero-order chi connectivity index (χ0) is 24.1. The van der Waals surface area contributed by atoms with Gasteiger partial charge in [0.1, 0.15) is 5.51 Å². The molecule has 4 heterocycles. The number of piperazine rings is 1. The molecule has 0 saturated carbocycles. The minimum Gasteiger partial charge on any atom is -0.377 e. The SMILES string of the molecule is CC(C)C(=O)N1CCN(c2cc(S(=O)(=O)NC3(C)COC3)cc3c2cnn3-c2nncs2)CC1. The van der Waals surface area contributed by atoms with E-state index < -0.39 is 15.6 Å². The van der Waals surface area contributed by atoms with E-state index in [1.165, 1.54) is 11.3 Å². The molecule has 11 nitrogen and oxygen atoms in total. The Balaban J connectivity index is 1.55. The number of anilines is 1. The number of fused-ring (bicyclic) bond motifs is 1. The lowest BCUT2D eigenvalue weighted by Gasteiger charge is -2.38. The predicted molar refractivity (Wildman–Crippen MR) is 128 cm³/mol. The first-order chi connectivity index (χ1) is 16.2. The Morgan fingerprint density at radius 1 is 1.21 bits per heavy atom. The molecule has 2 fully saturated rings. The fraction of sp³-hybridized carbons (Fsp3) is 0.524. The van der Waals surface area contributed by atoms with E-state index in [1.54, 1.807) is 28.5 Å². The Morgan fingerprint density at radius 3 is 2.53 bits per heavy atom. The van der Waals surface area contributed by atoms with Gasteiger partial charge in [-0.2, -0.15) is 5.10 Å². The number of benzene rings is 1. The number of hydrogen-bond donors (Lipinski definition) is 1. The Bertz CT molecular complexity index is 1310. The molecule has 1 N–H and O–H groups in total. The van der Waals surface area contributed by atoms with Crippen molar-refractivity contribution in [2.24, 2.45) is 5.92 Å². The molecule has 3 aromatic rings. The Labute approximate surface area is 201 Å². The van der Waals surface area contributed by atoms with Gasteiger partial charge in [-0.1, -0.05) is 25.2 Å². The molecule has 2 aliphatic rings. The average molecular weight is 506 g/mol. The third-order valence-corrected chi connectivity index (χ3v) is 8.41. The van der Waals surface area contributed by atoms with Crippen LogP contribution in [0.1, 0.15) is 20.8 Å². The highest BCUT2D eigenvalue weighted by atomic mass is 32.2. The molecule has 0 bridgehead atoms. The minimum atomic E-state index is -3.83. The number of sulfonamides is 1. The third-order valence-electron chi connectivity index (χ3n) is 6.13. The summed E-state index contributed by atoms with van der Waals surface area (Å²) in [5.74, 6) is 0.0742. The van der Waals surface area contributed by atoms with Crippen molar-refractivity contribution in [3.05, 3.63) is 23.8 Å². The van der Waals surface area contributed by atoms with Crippen LogP contribution in [0.3, 0.4) is 0 Å². The van der Waals surface area contributed by atoms with Crippen molar-refractivity contribution < 1.29 is 17.9 Å². The van der Waals surface area contributed by atoms with Crippen molar-refractivity contribution in [1.29, 1.82) is 0 Å². The lowest BCUT2D eigenvalue weighted by molar-refractivity contribution is -0.134. The number of amides is 1. The van der Waals surface area contributed by atoms with Crippen molar-refractivity contribution >= 4 is 43.9 Å². The summed E-state index contributed by atoms with van der Waals surface area (Å²) in [6, 6.07) is 3.32. The van der Waals surface area contributed by atoms with Crippen LogP contribution in [-0.2, 0) is 19.6 Å². The van der Waals surface area contributed by atoms with Crippen LogP contribution in [-0.4, -0.2) is 84.1 Å². The normalized spacial score (nSPS) is 18.5. The van der Waals surface area contributed by atoms with Gasteiger partial charge < -0.3 is 14.5 Å². The topological polar surface area (TPSA) is 123 Å². The van der Waals surface area contributed by atoms with Gasteiger partial charge in [0.25, 0.3) is 0 Å². The molecule has 2 aliphatic heterocycles. The second-order valence-electron chi connectivity index (χ2n) is 9.28. The maximum Gasteiger partial charge on any atom is 0.241 e. The van der Waals surface area contributed by atoms with E-state index in [9.17, 15) is 13.2 Å². The first kappa shape index (κ1) is 23.1. The maximum atomic E-state index is 13.4.